The zero-order valence-electron chi connectivity index (χ0n) is 10.8. The third-order valence-electron chi connectivity index (χ3n) is 2.45. The summed E-state index contributed by atoms with van der Waals surface area (Å²) in [4.78, 5) is 11.5. The molecule has 0 aliphatic rings. The summed E-state index contributed by atoms with van der Waals surface area (Å²) in [6.45, 7) is -0.236. The van der Waals surface area contributed by atoms with E-state index in [1.807, 2.05) is 0 Å². The summed E-state index contributed by atoms with van der Waals surface area (Å²) < 4.78 is 62.3. The van der Waals surface area contributed by atoms with Crippen LogP contribution in [-0.2, 0) is 10.0 Å². The molecule has 5 nitrogen and oxygen atoms in total. The minimum absolute atomic E-state index is 0.236. The molecule has 0 heterocycles. The lowest BCUT2D eigenvalue weighted by atomic mass is 10.2. The average Bonchev–Trinajstić information content (AvgIpc) is 2.34. The topological polar surface area (TPSA) is 66.5 Å². The fourth-order valence-corrected chi connectivity index (χ4v) is 1.99. The van der Waals surface area contributed by atoms with E-state index in [1.54, 1.807) is 0 Å². The van der Waals surface area contributed by atoms with Gasteiger partial charge >= 0.3 is 0 Å². The van der Waals surface area contributed by atoms with Crippen LogP contribution >= 0.6 is 0 Å². The van der Waals surface area contributed by atoms with Crippen molar-refractivity contribution in [3.8, 4) is 0 Å². The third-order valence-corrected chi connectivity index (χ3v) is 4.28. The molecule has 1 N–H and O–H groups in total. The van der Waals surface area contributed by atoms with Crippen LogP contribution in [-0.4, -0.2) is 45.0 Å². The molecule has 0 saturated carbocycles. The summed E-state index contributed by atoms with van der Waals surface area (Å²) in [6, 6.07) is 1.07. The van der Waals surface area contributed by atoms with E-state index < -0.39 is 38.9 Å². The first-order chi connectivity index (χ1) is 9.15. The molecule has 1 aromatic rings. The van der Waals surface area contributed by atoms with Gasteiger partial charge in [0, 0.05) is 26.2 Å². The second-order valence-corrected chi connectivity index (χ2v) is 6.41. The smallest absolute Gasteiger partial charge is 0.251 e. The molecule has 20 heavy (non-hydrogen) atoms. The van der Waals surface area contributed by atoms with Crippen LogP contribution in [0.2, 0.25) is 0 Å². The largest absolute Gasteiger partial charge is 0.351 e. The van der Waals surface area contributed by atoms with E-state index in [1.165, 1.54) is 14.1 Å². The maximum Gasteiger partial charge on any atom is 0.251 e. The molecule has 112 valence electrons. The maximum absolute atomic E-state index is 12.9. The highest BCUT2D eigenvalue weighted by Crippen LogP contribution is 2.13. The number of amides is 1. The molecule has 0 aliphatic heterocycles. The highest BCUT2D eigenvalue weighted by atomic mass is 32.2. The predicted octanol–water partition coefficient (Wildman–Crippen LogP) is 0.725. The summed E-state index contributed by atoms with van der Waals surface area (Å²) in [6.07, 6.45) is 0. The molecule has 1 rings (SSSR count). The number of carbonyl (C=O) groups excluding carboxylic acids is 1. The Labute approximate surface area is 114 Å². The van der Waals surface area contributed by atoms with Crippen molar-refractivity contribution in [3.63, 3.8) is 0 Å². The molecule has 0 radical (unpaired) electrons. The molecule has 0 unspecified atom stereocenters. The SMILES string of the molecule is CN(C)S(=O)(=O)CCNC(=O)c1cc(F)c(F)c(F)c1. The first kappa shape index (κ1) is 16.4. The van der Waals surface area contributed by atoms with Crippen LogP contribution in [0, 0.1) is 17.5 Å². The third kappa shape index (κ3) is 3.94. The molecule has 9 heteroatoms. The van der Waals surface area contributed by atoms with E-state index in [0.29, 0.717) is 12.1 Å². The first-order valence-electron chi connectivity index (χ1n) is 5.48. The van der Waals surface area contributed by atoms with Gasteiger partial charge < -0.3 is 5.32 Å². The van der Waals surface area contributed by atoms with Gasteiger partial charge in [0.05, 0.1) is 5.75 Å². The van der Waals surface area contributed by atoms with Crippen LogP contribution < -0.4 is 5.32 Å². The molecule has 0 spiro atoms. The van der Waals surface area contributed by atoms with Crippen molar-refractivity contribution in [1.82, 2.24) is 9.62 Å². The van der Waals surface area contributed by atoms with Gasteiger partial charge in [-0.05, 0) is 12.1 Å². The highest BCUT2D eigenvalue weighted by molar-refractivity contribution is 7.89. The van der Waals surface area contributed by atoms with Crippen LogP contribution in [0.4, 0.5) is 13.2 Å². The van der Waals surface area contributed by atoms with Crippen molar-refractivity contribution in [1.29, 1.82) is 0 Å². The second kappa shape index (κ2) is 6.23. The lowest BCUT2D eigenvalue weighted by Gasteiger charge is -2.11. The van der Waals surface area contributed by atoms with Gasteiger partial charge in [-0.3, -0.25) is 4.79 Å². The molecule has 0 aliphatic carbocycles. The highest BCUT2D eigenvalue weighted by Gasteiger charge is 2.17. The van der Waals surface area contributed by atoms with Crippen LogP contribution in [0.15, 0.2) is 12.1 Å². The van der Waals surface area contributed by atoms with Crippen molar-refractivity contribution < 1.29 is 26.4 Å². The Kier molecular flexibility index (Phi) is 5.12. The number of sulfonamides is 1. The molecular weight excluding hydrogens is 297 g/mol. The zero-order valence-corrected chi connectivity index (χ0v) is 11.6. The Balaban J connectivity index is 2.69. The van der Waals surface area contributed by atoms with E-state index in [-0.39, 0.29) is 12.3 Å². The molecular formula is C11H13F3N2O3S. The van der Waals surface area contributed by atoms with Gasteiger partial charge in [-0.15, -0.1) is 0 Å². The van der Waals surface area contributed by atoms with Gasteiger partial charge in [-0.25, -0.2) is 25.9 Å². The molecule has 0 aromatic heterocycles. The maximum atomic E-state index is 12.9. The Morgan fingerprint density at radius 3 is 2.15 bits per heavy atom. The predicted molar refractivity (Wildman–Crippen MR) is 66.1 cm³/mol. The number of hydrogen-bond acceptors (Lipinski definition) is 3. The molecule has 0 atom stereocenters. The Bertz CT molecular complexity index is 594. The van der Waals surface area contributed by atoms with Crippen LogP contribution in [0.5, 0.6) is 0 Å². The van der Waals surface area contributed by atoms with Crippen LogP contribution in [0.3, 0.4) is 0 Å². The lowest BCUT2D eigenvalue weighted by molar-refractivity contribution is 0.0955. The lowest BCUT2D eigenvalue weighted by Crippen LogP contribution is -2.34. The minimum atomic E-state index is -3.49. The van der Waals surface area contributed by atoms with Crippen molar-refractivity contribution in [2.45, 2.75) is 0 Å². The van der Waals surface area contributed by atoms with Gasteiger partial charge in [0.1, 0.15) is 0 Å². The average molecular weight is 310 g/mol. The minimum Gasteiger partial charge on any atom is -0.351 e. The van der Waals surface area contributed by atoms with Gasteiger partial charge in [-0.1, -0.05) is 0 Å². The molecule has 0 fully saturated rings. The van der Waals surface area contributed by atoms with Gasteiger partial charge in [0.2, 0.25) is 10.0 Å². The Morgan fingerprint density at radius 2 is 1.70 bits per heavy atom. The number of rotatable bonds is 5. The van der Waals surface area contributed by atoms with Gasteiger partial charge in [0.25, 0.3) is 5.91 Å². The summed E-state index contributed by atoms with van der Waals surface area (Å²) in [5.74, 6) is -5.90. The summed E-state index contributed by atoms with van der Waals surface area (Å²) in [7, 11) is -0.818. The van der Waals surface area contributed by atoms with E-state index in [9.17, 15) is 26.4 Å². The van der Waals surface area contributed by atoms with Crippen molar-refractivity contribution in [3.05, 3.63) is 35.1 Å². The van der Waals surface area contributed by atoms with Gasteiger partial charge in [-0.2, -0.15) is 0 Å². The van der Waals surface area contributed by atoms with E-state index >= 15 is 0 Å². The Hall–Kier alpha value is -1.61. The van der Waals surface area contributed by atoms with Crippen LogP contribution in [0.25, 0.3) is 0 Å². The summed E-state index contributed by atoms with van der Waals surface area (Å²) in [5.41, 5.74) is -0.427. The van der Waals surface area contributed by atoms with Crippen molar-refractivity contribution in [2.75, 3.05) is 26.4 Å². The van der Waals surface area contributed by atoms with Crippen molar-refractivity contribution in [2.24, 2.45) is 0 Å². The van der Waals surface area contributed by atoms with Crippen LogP contribution in [0.1, 0.15) is 10.4 Å². The fourth-order valence-electron chi connectivity index (χ4n) is 1.26. The van der Waals surface area contributed by atoms with Crippen molar-refractivity contribution >= 4 is 15.9 Å². The number of carbonyl (C=O) groups is 1. The number of hydrogen-bond donors (Lipinski definition) is 1. The quantitative estimate of drug-likeness (QED) is 0.815. The first-order valence-corrected chi connectivity index (χ1v) is 7.09. The van der Waals surface area contributed by atoms with E-state index in [4.69, 9.17) is 0 Å². The zero-order chi connectivity index (χ0) is 15.5. The normalized spacial score (nSPS) is 11.7. The molecule has 1 amide bonds. The van der Waals surface area contributed by atoms with E-state index in [2.05, 4.69) is 5.32 Å². The number of benzene rings is 1. The molecule has 1 aromatic carbocycles. The molecule has 0 saturated heterocycles. The summed E-state index contributed by atoms with van der Waals surface area (Å²) in [5, 5.41) is 2.18. The second-order valence-electron chi connectivity index (χ2n) is 4.11. The Morgan fingerprint density at radius 1 is 1.20 bits per heavy atom. The fraction of sp³-hybridized carbons (Fsp3) is 0.364. The monoisotopic (exact) mass is 310 g/mol. The van der Waals surface area contributed by atoms with E-state index in [0.717, 1.165) is 4.31 Å². The number of nitrogens with zero attached hydrogens (tertiary/aromatic N) is 1. The summed E-state index contributed by atoms with van der Waals surface area (Å²) >= 11 is 0. The van der Waals surface area contributed by atoms with Gasteiger partial charge in [0.15, 0.2) is 17.5 Å². The number of nitrogens with one attached hydrogen (secondary N) is 1. The standard InChI is InChI=1S/C11H13F3N2O3S/c1-16(2)20(18,19)4-3-15-11(17)7-5-8(12)10(14)9(13)6-7/h5-6H,3-4H2,1-2H3,(H,15,17). The number of halogens is 3. The molecule has 0 bridgehead atoms.